The monoisotopic (exact) mass is 667 g/mol. The second kappa shape index (κ2) is 18.7. The average Bonchev–Trinajstić information content (AvgIpc) is 2.99. The van der Waals surface area contributed by atoms with Gasteiger partial charge >= 0.3 is 5.69 Å². The second-order valence-electron chi connectivity index (χ2n) is 13.2. The van der Waals surface area contributed by atoms with Gasteiger partial charge in [-0.25, -0.2) is 0 Å². The van der Waals surface area contributed by atoms with Gasteiger partial charge < -0.3 is 32.8 Å². The quantitative estimate of drug-likeness (QED) is 0.0355. The van der Waals surface area contributed by atoms with Gasteiger partial charge in [0.25, 0.3) is 0 Å². The Balaban J connectivity index is 3.48. The Hall–Kier alpha value is -2.61. The van der Waals surface area contributed by atoms with Gasteiger partial charge in [0, 0.05) is 39.9 Å². The van der Waals surface area contributed by atoms with E-state index >= 15 is 0 Å². The maximum Gasteiger partial charge on any atom is 0.315 e. The van der Waals surface area contributed by atoms with Gasteiger partial charge in [0.2, 0.25) is 5.75 Å². The summed E-state index contributed by atoms with van der Waals surface area (Å²) in [5, 5.41) is 11.8. The minimum atomic E-state index is -2.24. The van der Waals surface area contributed by atoms with E-state index in [9.17, 15) is 14.9 Å². The Kier molecular flexibility index (Phi) is 16.8. The molecule has 262 valence electrons. The molecule has 0 N–H and O–H groups in total. The summed E-state index contributed by atoms with van der Waals surface area (Å²) in [6, 6.07) is 3.04. The van der Waals surface area contributed by atoms with Crippen molar-refractivity contribution in [2.75, 3.05) is 42.7 Å². The smallest absolute Gasteiger partial charge is 0.315 e. The number of nitro groups is 1. The fourth-order valence-electron chi connectivity index (χ4n) is 5.50. The molecule has 0 aromatic heterocycles. The van der Waals surface area contributed by atoms with E-state index in [4.69, 9.17) is 32.8 Å². The Labute approximate surface area is 276 Å². The normalized spacial score (nSPS) is 17.6. The van der Waals surface area contributed by atoms with Crippen LogP contribution in [-0.2, 0) is 28.2 Å². The molecule has 0 spiro atoms. The number of carbonyl (C=O) groups is 1. The standard InChI is InChI=1S/C34H57NO10Si/c1-22(18-23(2)32(28(40-8)16-15-17-36)45-46(13,14)34(4,5)6)31(43-11)29(41-9)19-24(3)30(42-10)26-20-25(39-7)21-27(35(37)38)33(26)44-12/h15-18,20-22,24,28-32H,19H2,1-14H3/b16-15-,23-18+/t22-,24-,28-,29-,30+,31+,32-/m0/s1. The van der Waals surface area contributed by atoms with E-state index in [1.807, 2.05) is 13.8 Å². The Morgan fingerprint density at radius 2 is 1.61 bits per heavy atom. The third-order valence-electron chi connectivity index (χ3n) is 9.00. The number of nitrogens with zero attached hydrogens (tertiary/aromatic N) is 1. The first kappa shape index (κ1) is 41.4. The summed E-state index contributed by atoms with van der Waals surface area (Å²) in [6.45, 7) is 17.0. The highest BCUT2D eigenvalue weighted by Gasteiger charge is 2.41. The highest BCUT2D eigenvalue weighted by molar-refractivity contribution is 6.74. The van der Waals surface area contributed by atoms with Crippen molar-refractivity contribution in [1.29, 1.82) is 0 Å². The number of carbonyl (C=O) groups excluding carboxylic acids is 1. The molecule has 0 fully saturated rings. The van der Waals surface area contributed by atoms with Crippen LogP contribution in [0.1, 0.15) is 59.6 Å². The number of nitro benzene ring substituents is 1. The molecule has 0 radical (unpaired) electrons. The summed E-state index contributed by atoms with van der Waals surface area (Å²) in [6.07, 6.45) is 4.33. The number of allylic oxidation sites excluding steroid dienone is 1. The molecule has 1 rings (SSSR count). The fourth-order valence-corrected chi connectivity index (χ4v) is 6.81. The summed E-state index contributed by atoms with van der Waals surface area (Å²) in [5.41, 5.74) is 1.26. The van der Waals surface area contributed by atoms with Crippen molar-refractivity contribution in [1.82, 2.24) is 0 Å². The lowest BCUT2D eigenvalue weighted by Gasteiger charge is -2.41. The summed E-state index contributed by atoms with van der Waals surface area (Å²) < 4.78 is 41.5. The molecule has 11 nitrogen and oxygen atoms in total. The van der Waals surface area contributed by atoms with Crippen molar-refractivity contribution in [2.45, 2.75) is 96.6 Å². The molecule has 0 heterocycles. The summed E-state index contributed by atoms with van der Waals surface area (Å²) in [5.74, 6) is 0.161. The SMILES string of the molecule is COc1cc([C@H](OC)[C@@H](C)C[C@H](OC)[C@H](OC)[C@@H](C)/C=C(\C)[C@H](O[Si](C)(C)C(C)(C)C)[C@H](/C=C\C=O)OC)c(OC)c([N+](=O)[O-])c1. The molecule has 0 saturated carbocycles. The van der Waals surface area contributed by atoms with E-state index in [1.165, 1.54) is 26.4 Å². The van der Waals surface area contributed by atoms with Gasteiger partial charge in [-0.15, -0.1) is 0 Å². The minimum absolute atomic E-state index is 0.0417. The van der Waals surface area contributed by atoms with Crippen molar-refractivity contribution in [3.05, 3.63) is 51.6 Å². The minimum Gasteiger partial charge on any atom is -0.496 e. The van der Waals surface area contributed by atoms with Crippen LogP contribution in [-0.4, -0.2) is 86.6 Å². The van der Waals surface area contributed by atoms with E-state index in [-0.39, 0.29) is 40.5 Å². The summed E-state index contributed by atoms with van der Waals surface area (Å²) >= 11 is 0. The van der Waals surface area contributed by atoms with Crippen LogP contribution in [0.4, 0.5) is 5.69 Å². The van der Waals surface area contributed by atoms with Crippen LogP contribution in [0, 0.1) is 22.0 Å². The Morgan fingerprint density at radius 3 is 2.04 bits per heavy atom. The molecule has 0 aliphatic carbocycles. The highest BCUT2D eigenvalue weighted by Crippen LogP contribution is 2.43. The molecular weight excluding hydrogens is 610 g/mol. The van der Waals surface area contributed by atoms with Gasteiger partial charge in [0.15, 0.2) is 8.32 Å². The first-order chi connectivity index (χ1) is 21.5. The van der Waals surface area contributed by atoms with Gasteiger partial charge in [-0.3, -0.25) is 14.9 Å². The zero-order valence-electron chi connectivity index (χ0n) is 30.2. The fraction of sp³-hybridized carbons (Fsp3) is 0.676. The first-order valence-electron chi connectivity index (χ1n) is 15.5. The molecule has 46 heavy (non-hydrogen) atoms. The lowest BCUT2D eigenvalue weighted by Crippen LogP contribution is -2.47. The van der Waals surface area contributed by atoms with E-state index in [2.05, 4.69) is 46.9 Å². The van der Waals surface area contributed by atoms with Gasteiger partial charge in [0.05, 0.1) is 49.6 Å². The predicted octanol–water partition coefficient (Wildman–Crippen LogP) is 7.10. The van der Waals surface area contributed by atoms with E-state index in [0.717, 1.165) is 11.9 Å². The highest BCUT2D eigenvalue weighted by atomic mass is 28.4. The van der Waals surface area contributed by atoms with Gasteiger partial charge in [0.1, 0.15) is 18.1 Å². The first-order valence-corrected chi connectivity index (χ1v) is 18.4. The maximum atomic E-state index is 11.8. The molecule has 7 atom stereocenters. The number of methoxy groups -OCH3 is 6. The van der Waals surface area contributed by atoms with Crippen LogP contribution in [0.5, 0.6) is 11.5 Å². The van der Waals surface area contributed by atoms with Crippen molar-refractivity contribution in [3.63, 3.8) is 0 Å². The van der Waals surface area contributed by atoms with E-state index in [0.29, 0.717) is 17.7 Å². The summed E-state index contributed by atoms with van der Waals surface area (Å²) in [4.78, 5) is 22.5. The number of hydrogen-bond donors (Lipinski definition) is 0. The number of rotatable bonds is 20. The lowest BCUT2D eigenvalue weighted by atomic mass is 9.86. The van der Waals surface area contributed by atoms with Crippen LogP contribution in [0.15, 0.2) is 35.9 Å². The van der Waals surface area contributed by atoms with Crippen LogP contribution in [0.25, 0.3) is 0 Å². The average molecular weight is 668 g/mol. The molecule has 0 aliphatic heterocycles. The van der Waals surface area contributed by atoms with Crippen molar-refractivity contribution in [2.24, 2.45) is 11.8 Å². The second-order valence-corrected chi connectivity index (χ2v) is 17.9. The summed E-state index contributed by atoms with van der Waals surface area (Å²) in [7, 11) is 7.08. The third kappa shape index (κ3) is 10.7. The van der Waals surface area contributed by atoms with Crippen LogP contribution >= 0.6 is 0 Å². The molecule has 0 saturated heterocycles. The number of benzene rings is 1. The lowest BCUT2D eigenvalue weighted by molar-refractivity contribution is -0.385. The largest absolute Gasteiger partial charge is 0.496 e. The number of hydrogen-bond acceptors (Lipinski definition) is 10. The van der Waals surface area contributed by atoms with Gasteiger partial charge in [-0.1, -0.05) is 40.7 Å². The van der Waals surface area contributed by atoms with Crippen molar-refractivity contribution >= 4 is 20.3 Å². The molecule has 12 heteroatoms. The topological polar surface area (TPSA) is 125 Å². The Morgan fingerprint density at radius 1 is 0.978 bits per heavy atom. The molecule has 0 unspecified atom stereocenters. The molecule has 0 aliphatic rings. The molecule has 1 aromatic carbocycles. The van der Waals surface area contributed by atoms with E-state index in [1.54, 1.807) is 40.6 Å². The zero-order chi connectivity index (χ0) is 35.4. The number of aldehydes is 1. The third-order valence-corrected chi connectivity index (χ3v) is 13.5. The molecule has 0 amide bonds. The number of ether oxygens (including phenoxy) is 6. The maximum absolute atomic E-state index is 11.8. The predicted molar refractivity (Wildman–Crippen MR) is 182 cm³/mol. The van der Waals surface area contributed by atoms with E-state index < -0.39 is 31.6 Å². The van der Waals surface area contributed by atoms with Crippen LogP contribution in [0.3, 0.4) is 0 Å². The molecular formula is C34H57NO10Si. The van der Waals surface area contributed by atoms with Gasteiger partial charge in [-0.2, -0.15) is 0 Å². The Bertz CT molecular complexity index is 1180. The van der Waals surface area contributed by atoms with Crippen LogP contribution < -0.4 is 9.47 Å². The molecule has 0 bridgehead atoms. The van der Waals surface area contributed by atoms with Crippen LogP contribution in [0.2, 0.25) is 18.1 Å². The molecule has 1 aromatic rings. The van der Waals surface area contributed by atoms with Gasteiger partial charge in [-0.05, 0) is 61.2 Å². The zero-order valence-corrected chi connectivity index (χ0v) is 31.2. The van der Waals surface area contributed by atoms with Crippen molar-refractivity contribution < 1.29 is 42.6 Å². The van der Waals surface area contributed by atoms with Crippen molar-refractivity contribution in [3.8, 4) is 11.5 Å².